The van der Waals surface area contributed by atoms with Gasteiger partial charge in [0.05, 0.1) is 51.9 Å². The Labute approximate surface area is 133 Å². The van der Waals surface area contributed by atoms with Gasteiger partial charge in [-0.1, -0.05) is 0 Å². The summed E-state index contributed by atoms with van der Waals surface area (Å²) in [7, 11) is 1.44. The zero-order valence-corrected chi connectivity index (χ0v) is 14.8. The number of nitrogens with one attached hydrogen (secondary N) is 1. The quantitative estimate of drug-likeness (QED) is 0.798. The largest absolute Gasteiger partial charge is 0.496 e. The number of halogens is 1. The molecule has 6 nitrogen and oxygen atoms in total. The maximum Gasteiger partial charge on any atom is 0.247 e. The topological polar surface area (TPSA) is 60.3 Å². The third-order valence-corrected chi connectivity index (χ3v) is 6.17. The Morgan fingerprint density at radius 1 is 1.14 bits per heavy atom. The second kappa shape index (κ2) is 6.51. The number of hydrogen-bond acceptors (Lipinski definition) is 4. The van der Waals surface area contributed by atoms with Crippen LogP contribution in [0.1, 0.15) is 0 Å². The minimum atomic E-state index is -3.58. The van der Waals surface area contributed by atoms with E-state index < -0.39 is 10.0 Å². The first kappa shape index (κ1) is 16.5. The van der Waals surface area contributed by atoms with Crippen LogP contribution in [0.3, 0.4) is 0 Å². The Morgan fingerprint density at radius 3 is 2.24 bits per heavy atom. The fourth-order valence-electron chi connectivity index (χ4n) is 2.28. The fourth-order valence-corrected chi connectivity index (χ4v) is 4.36. The van der Waals surface area contributed by atoms with Gasteiger partial charge in [-0.15, -0.1) is 0 Å². The van der Waals surface area contributed by atoms with Gasteiger partial charge in [-0.3, -0.25) is 0 Å². The lowest BCUT2D eigenvalue weighted by atomic mass is 10.3. The number of likely N-dealkylation sites (N-methyl/N-ethyl adjacent to an activating group) is 1. The molecule has 0 atom stereocenters. The number of rotatable bonds is 4. The smallest absolute Gasteiger partial charge is 0.247 e. The van der Waals surface area contributed by atoms with Gasteiger partial charge in [-0.25, -0.2) is 8.42 Å². The molecular weight excluding hydrogens is 360 g/mol. The molecule has 1 aliphatic heterocycles. The molecule has 8 heteroatoms. The summed E-state index contributed by atoms with van der Waals surface area (Å²) in [6.07, 6.45) is 0. The maximum atomic E-state index is 12.8. The van der Waals surface area contributed by atoms with E-state index in [1.807, 2.05) is 0 Å². The molecule has 0 bridgehead atoms. The average Bonchev–Trinajstić information content (AvgIpc) is 2.47. The normalized spacial score (nSPS) is 17.7. The van der Waals surface area contributed by atoms with E-state index in [1.165, 1.54) is 29.5 Å². The first-order chi connectivity index (χ1) is 9.90. The van der Waals surface area contributed by atoms with Crippen molar-refractivity contribution in [1.82, 2.24) is 4.31 Å². The third-order valence-electron chi connectivity index (χ3n) is 3.63. The van der Waals surface area contributed by atoms with Gasteiger partial charge in [-0.05, 0) is 22.0 Å². The molecule has 1 aromatic rings. The van der Waals surface area contributed by atoms with E-state index in [0.717, 1.165) is 13.1 Å². The van der Waals surface area contributed by atoms with E-state index in [4.69, 9.17) is 9.47 Å². The van der Waals surface area contributed by atoms with Crippen molar-refractivity contribution in [3.8, 4) is 11.5 Å². The highest BCUT2D eigenvalue weighted by atomic mass is 79.9. The van der Waals surface area contributed by atoms with Crippen molar-refractivity contribution < 1.29 is 22.8 Å². The highest BCUT2D eigenvalue weighted by Gasteiger charge is 2.32. The molecule has 1 saturated heterocycles. The van der Waals surface area contributed by atoms with Gasteiger partial charge in [0.2, 0.25) is 10.0 Å². The molecule has 0 aromatic heterocycles. The van der Waals surface area contributed by atoms with E-state index in [2.05, 4.69) is 23.0 Å². The SMILES string of the molecule is COc1cc(S(=O)(=O)N2CC[NH+](C)CC2)c(OC)cc1Br. The minimum absolute atomic E-state index is 0.143. The van der Waals surface area contributed by atoms with E-state index >= 15 is 0 Å². The number of nitrogens with zero attached hydrogens (tertiary/aromatic N) is 1. The average molecular weight is 380 g/mol. The lowest BCUT2D eigenvalue weighted by Crippen LogP contribution is -3.12. The summed E-state index contributed by atoms with van der Waals surface area (Å²) >= 11 is 3.34. The number of benzene rings is 1. The van der Waals surface area contributed by atoms with Gasteiger partial charge in [0.1, 0.15) is 16.4 Å². The predicted octanol–water partition coefficient (Wildman–Crippen LogP) is -0.0147. The lowest BCUT2D eigenvalue weighted by molar-refractivity contribution is -0.883. The highest BCUT2D eigenvalue weighted by Crippen LogP contribution is 2.36. The van der Waals surface area contributed by atoms with E-state index in [9.17, 15) is 8.42 Å². The summed E-state index contributed by atoms with van der Waals surface area (Å²) < 4.78 is 38.2. The molecule has 1 N–H and O–H groups in total. The summed E-state index contributed by atoms with van der Waals surface area (Å²) in [6.45, 7) is 2.62. The van der Waals surface area contributed by atoms with Crippen LogP contribution >= 0.6 is 15.9 Å². The van der Waals surface area contributed by atoms with Crippen LogP contribution in [0, 0.1) is 0 Å². The van der Waals surface area contributed by atoms with Gasteiger partial charge in [0.15, 0.2) is 0 Å². The zero-order chi connectivity index (χ0) is 15.6. The first-order valence-corrected chi connectivity index (χ1v) is 8.86. The van der Waals surface area contributed by atoms with Crippen molar-refractivity contribution in [2.45, 2.75) is 4.90 Å². The predicted molar refractivity (Wildman–Crippen MR) is 82.6 cm³/mol. The van der Waals surface area contributed by atoms with E-state index in [1.54, 1.807) is 6.07 Å². The molecule has 118 valence electrons. The Hall–Kier alpha value is -0.830. The van der Waals surface area contributed by atoms with Crippen LogP contribution in [-0.2, 0) is 10.0 Å². The molecule has 1 heterocycles. The molecule has 2 rings (SSSR count). The summed E-state index contributed by atoms with van der Waals surface area (Å²) in [6, 6.07) is 3.12. The monoisotopic (exact) mass is 379 g/mol. The molecule has 21 heavy (non-hydrogen) atoms. The number of sulfonamides is 1. The van der Waals surface area contributed by atoms with Crippen molar-refractivity contribution in [3.05, 3.63) is 16.6 Å². The zero-order valence-electron chi connectivity index (χ0n) is 12.3. The highest BCUT2D eigenvalue weighted by molar-refractivity contribution is 9.10. The van der Waals surface area contributed by atoms with Crippen LogP contribution in [0.15, 0.2) is 21.5 Å². The van der Waals surface area contributed by atoms with Crippen LogP contribution in [-0.4, -0.2) is 60.2 Å². The molecule has 0 saturated carbocycles. The van der Waals surface area contributed by atoms with Crippen LogP contribution in [0.2, 0.25) is 0 Å². The molecule has 1 fully saturated rings. The number of methoxy groups -OCH3 is 2. The van der Waals surface area contributed by atoms with Crippen LogP contribution in [0.25, 0.3) is 0 Å². The van der Waals surface area contributed by atoms with Crippen LogP contribution in [0.5, 0.6) is 11.5 Å². The third kappa shape index (κ3) is 3.33. The van der Waals surface area contributed by atoms with Gasteiger partial charge in [0.25, 0.3) is 0 Å². The molecule has 0 amide bonds. The summed E-state index contributed by atoms with van der Waals surface area (Å²) in [4.78, 5) is 1.48. The number of hydrogen-bond donors (Lipinski definition) is 1. The Bertz CT molecular complexity index is 613. The van der Waals surface area contributed by atoms with Crippen molar-refractivity contribution >= 4 is 26.0 Å². The Morgan fingerprint density at radius 2 is 1.71 bits per heavy atom. The van der Waals surface area contributed by atoms with Crippen molar-refractivity contribution in [2.24, 2.45) is 0 Å². The number of ether oxygens (including phenoxy) is 2. The molecule has 0 spiro atoms. The molecular formula is C13H20BrN2O4S+. The lowest BCUT2D eigenvalue weighted by Gasteiger charge is -2.29. The van der Waals surface area contributed by atoms with Crippen molar-refractivity contribution in [3.63, 3.8) is 0 Å². The first-order valence-electron chi connectivity index (χ1n) is 6.63. The fraction of sp³-hybridized carbons (Fsp3) is 0.538. The summed E-state index contributed by atoms with van der Waals surface area (Å²) in [5.74, 6) is 0.781. The number of piperazine rings is 1. The van der Waals surface area contributed by atoms with Crippen LogP contribution < -0.4 is 14.4 Å². The van der Waals surface area contributed by atoms with Crippen molar-refractivity contribution in [2.75, 3.05) is 47.4 Å². The minimum Gasteiger partial charge on any atom is -0.496 e. The maximum absolute atomic E-state index is 12.8. The van der Waals surface area contributed by atoms with Crippen molar-refractivity contribution in [1.29, 1.82) is 0 Å². The molecule has 0 aliphatic carbocycles. The summed E-state index contributed by atoms with van der Waals surface area (Å²) in [5, 5.41) is 0. The van der Waals surface area contributed by atoms with Crippen LogP contribution in [0.4, 0.5) is 0 Å². The standard InChI is InChI=1S/C13H19BrN2O4S/c1-15-4-6-16(7-5-15)21(17,18)13-9-11(19-2)10(14)8-12(13)20-3/h8-9H,4-7H2,1-3H3/p+1. The van der Waals surface area contributed by atoms with Gasteiger partial charge in [0, 0.05) is 6.07 Å². The molecule has 0 unspecified atom stereocenters. The number of quaternary nitrogens is 1. The molecule has 0 radical (unpaired) electrons. The van der Waals surface area contributed by atoms with Gasteiger partial charge < -0.3 is 14.4 Å². The second-order valence-corrected chi connectivity index (χ2v) is 7.76. The van der Waals surface area contributed by atoms with E-state index in [0.29, 0.717) is 29.1 Å². The van der Waals surface area contributed by atoms with Gasteiger partial charge >= 0.3 is 0 Å². The second-order valence-electron chi connectivity index (χ2n) is 5.00. The summed E-state index contributed by atoms with van der Waals surface area (Å²) in [5.41, 5.74) is 0. The molecule has 1 aliphatic rings. The molecule has 1 aromatic carbocycles. The van der Waals surface area contributed by atoms with E-state index in [-0.39, 0.29) is 4.90 Å². The van der Waals surface area contributed by atoms with Gasteiger partial charge in [-0.2, -0.15) is 4.31 Å². The Kier molecular flexibility index (Phi) is 5.13. The Balaban J connectivity index is 2.43.